The molecule has 2 heterocycles. The highest BCUT2D eigenvalue weighted by molar-refractivity contribution is 7.57. The van der Waals surface area contributed by atoms with Crippen LogP contribution in [0, 0.1) is 11.3 Å². The first-order valence-corrected chi connectivity index (χ1v) is 14.2. The summed E-state index contributed by atoms with van der Waals surface area (Å²) in [6.07, 6.45) is 0.749. The molecule has 1 N–H and O–H groups in total. The molecule has 0 amide bonds. The van der Waals surface area contributed by atoms with Gasteiger partial charge in [0.2, 0.25) is 6.23 Å². The SMILES string of the molecule is COC1C(OP(OCCC#N)N(C(C)C)C(C)C)=C(/C=C/P(=O)(OC)OC)O[C@H]1n1ccc(=O)[nH]c1=O. The quantitative estimate of drug-likeness (QED) is 0.262. The second-order valence-electron chi connectivity index (χ2n) is 8.27. The summed E-state index contributed by atoms with van der Waals surface area (Å²) in [6.45, 7) is 8.06. The summed E-state index contributed by atoms with van der Waals surface area (Å²) < 4.78 is 49.8. The van der Waals surface area contributed by atoms with Crippen molar-refractivity contribution in [3.8, 4) is 6.07 Å². The minimum Gasteiger partial charge on any atom is -0.463 e. The van der Waals surface area contributed by atoms with E-state index in [1.807, 2.05) is 38.4 Å². The molecule has 0 spiro atoms. The Balaban J connectivity index is 2.61. The molecule has 2 rings (SSSR count). The Morgan fingerprint density at radius 1 is 1.24 bits per heavy atom. The highest BCUT2D eigenvalue weighted by Crippen LogP contribution is 2.53. The summed E-state index contributed by atoms with van der Waals surface area (Å²) in [5, 5.41) is 9.00. The van der Waals surface area contributed by atoms with Gasteiger partial charge in [-0.15, -0.1) is 0 Å². The minimum absolute atomic E-state index is 0.0101. The van der Waals surface area contributed by atoms with Gasteiger partial charge in [-0.1, -0.05) is 0 Å². The predicted molar refractivity (Wildman–Crippen MR) is 136 cm³/mol. The molecule has 13 nitrogen and oxygen atoms in total. The van der Waals surface area contributed by atoms with E-state index in [9.17, 15) is 14.2 Å². The van der Waals surface area contributed by atoms with Crippen LogP contribution in [-0.4, -0.2) is 60.3 Å². The molecule has 15 heteroatoms. The van der Waals surface area contributed by atoms with Gasteiger partial charge in [-0.25, -0.2) is 9.46 Å². The van der Waals surface area contributed by atoms with Gasteiger partial charge in [-0.2, -0.15) is 5.26 Å². The lowest BCUT2D eigenvalue weighted by molar-refractivity contribution is -0.0307. The zero-order valence-corrected chi connectivity index (χ0v) is 23.7. The third-order valence-electron chi connectivity index (χ3n) is 5.14. The van der Waals surface area contributed by atoms with Gasteiger partial charge in [0.05, 0.1) is 19.1 Å². The highest BCUT2D eigenvalue weighted by Gasteiger charge is 2.43. The molecule has 0 radical (unpaired) electrons. The zero-order chi connectivity index (χ0) is 27.8. The summed E-state index contributed by atoms with van der Waals surface area (Å²) in [4.78, 5) is 26.3. The number of hydrogen-bond donors (Lipinski definition) is 1. The number of nitrogens with zero attached hydrogens (tertiary/aromatic N) is 3. The maximum atomic E-state index is 12.7. The van der Waals surface area contributed by atoms with E-state index in [-0.39, 0.29) is 36.6 Å². The van der Waals surface area contributed by atoms with E-state index in [2.05, 4.69) is 4.98 Å². The first kappa shape index (κ1) is 30.9. The molecule has 1 aromatic heterocycles. The molecular weight excluding hydrogens is 526 g/mol. The lowest BCUT2D eigenvalue weighted by Crippen LogP contribution is -2.37. The average Bonchev–Trinajstić information content (AvgIpc) is 3.18. The van der Waals surface area contributed by atoms with E-state index in [0.29, 0.717) is 0 Å². The monoisotopic (exact) mass is 560 g/mol. The number of aromatic amines is 1. The number of rotatable bonds is 14. The number of nitriles is 1. The summed E-state index contributed by atoms with van der Waals surface area (Å²) in [6, 6.07) is 3.24. The summed E-state index contributed by atoms with van der Waals surface area (Å²) in [5.41, 5.74) is -1.29. The van der Waals surface area contributed by atoms with E-state index < -0.39 is 39.7 Å². The largest absolute Gasteiger partial charge is 0.463 e. The fraction of sp³-hybridized carbons (Fsp3) is 0.591. The van der Waals surface area contributed by atoms with Crippen molar-refractivity contribution in [3.63, 3.8) is 0 Å². The number of allylic oxidation sites excluding steroid dienone is 1. The Morgan fingerprint density at radius 3 is 2.41 bits per heavy atom. The van der Waals surface area contributed by atoms with Crippen LogP contribution < -0.4 is 11.2 Å². The second kappa shape index (κ2) is 14.0. The van der Waals surface area contributed by atoms with Gasteiger partial charge in [0.15, 0.2) is 17.6 Å². The Morgan fingerprint density at radius 2 is 1.89 bits per heavy atom. The molecule has 0 saturated carbocycles. The van der Waals surface area contributed by atoms with Crippen molar-refractivity contribution in [2.24, 2.45) is 0 Å². The standard InChI is InChI=1S/C22H34N4O9P2/c1-15(2)26(16(3)4)36(33-13-8-11-23)35-19-17(10-14-37(29,31-6)32-7)34-21(20(19)30-5)25-12-9-18(27)24-22(25)28/h9-10,12,14-16,20-21H,8,13H2,1-7H3,(H,24,27,28)/b14-10+/t20?,21-,36?/m1/s1. The average molecular weight is 560 g/mol. The first-order valence-electron chi connectivity index (χ1n) is 11.4. The van der Waals surface area contributed by atoms with Crippen molar-refractivity contribution in [3.05, 3.63) is 56.5 Å². The minimum atomic E-state index is -3.58. The first-order chi connectivity index (χ1) is 17.5. The van der Waals surface area contributed by atoms with Gasteiger partial charge in [-0.05, 0) is 33.8 Å². The van der Waals surface area contributed by atoms with Crippen LogP contribution in [0.4, 0.5) is 0 Å². The van der Waals surface area contributed by atoms with E-state index >= 15 is 0 Å². The third-order valence-corrected chi connectivity index (χ3v) is 8.73. The summed E-state index contributed by atoms with van der Waals surface area (Å²) >= 11 is 0. The van der Waals surface area contributed by atoms with Crippen molar-refractivity contribution < 1.29 is 32.1 Å². The van der Waals surface area contributed by atoms with Crippen LogP contribution in [0.2, 0.25) is 0 Å². The fourth-order valence-corrected chi connectivity index (χ4v) is 5.87. The van der Waals surface area contributed by atoms with Crippen LogP contribution in [0.5, 0.6) is 0 Å². The molecule has 206 valence electrons. The van der Waals surface area contributed by atoms with Crippen LogP contribution in [-0.2, 0) is 32.1 Å². The zero-order valence-electron chi connectivity index (χ0n) is 21.9. The number of methoxy groups -OCH3 is 1. The summed E-state index contributed by atoms with van der Waals surface area (Å²) in [5.74, 6) is 1.45. The Hall–Kier alpha value is -2.29. The number of aromatic nitrogens is 2. The van der Waals surface area contributed by atoms with Gasteiger partial charge < -0.3 is 27.6 Å². The molecule has 0 saturated heterocycles. The number of H-pyrrole nitrogens is 1. The molecule has 0 bridgehead atoms. The van der Waals surface area contributed by atoms with Gasteiger partial charge >= 0.3 is 21.8 Å². The predicted octanol–water partition coefficient (Wildman–Crippen LogP) is 3.58. The maximum Gasteiger partial charge on any atom is 0.353 e. The fourth-order valence-electron chi connectivity index (χ4n) is 3.51. The molecule has 37 heavy (non-hydrogen) atoms. The smallest absolute Gasteiger partial charge is 0.353 e. The lowest BCUT2D eigenvalue weighted by Gasteiger charge is -2.36. The normalized spacial score (nSPS) is 19.2. The molecule has 2 unspecified atom stereocenters. The molecular formula is C22H34N4O9P2. The molecule has 0 aromatic carbocycles. The van der Waals surface area contributed by atoms with Crippen molar-refractivity contribution in [1.82, 2.24) is 14.2 Å². The molecule has 0 aliphatic carbocycles. The van der Waals surface area contributed by atoms with Crippen LogP contribution >= 0.6 is 16.1 Å². The van der Waals surface area contributed by atoms with E-state index in [4.69, 9.17) is 32.8 Å². The van der Waals surface area contributed by atoms with Crippen molar-refractivity contribution in [2.75, 3.05) is 27.9 Å². The number of nitrogens with one attached hydrogen (secondary N) is 1. The third kappa shape index (κ3) is 7.85. The molecule has 1 aliphatic heterocycles. The number of ether oxygens (including phenoxy) is 2. The number of hydrogen-bond acceptors (Lipinski definition) is 11. The lowest BCUT2D eigenvalue weighted by atomic mass is 10.2. The molecule has 1 aliphatic rings. The van der Waals surface area contributed by atoms with Crippen LogP contribution in [0.25, 0.3) is 0 Å². The Labute approximate surface area is 217 Å². The van der Waals surface area contributed by atoms with E-state index in [1.165, 1.54) is 45.5 Å². The van der Waals surface area contributed by atoms with Crippen LogP contribution in [0.3, 0.4) is 0 Å². The molecule has 1 aromatic rings. The van der Waals surface area contributed by atoms with E-state index in [0.717, 1.165) is 4.57 Å². The topological polar surface area (TPSA) is 154 Å². The van der Waals surface area contributed by atoms with E-state index in [1.54, 1.807) is 0 Å². The van der Waals surface area contributed by atoms with Crippen molar-refractivity contribution in [1.29, 1.82) is 5.26 Å². The van der Waals surface area contributed by atoms with Gasteiger partial charge in [0, 0.05) is 51.5 Å². The van der Waals surface area contributed by atoms with Crippen LogP contribution in [0.1, 0.15) is 40.3 Å². The molecule has 3 atom stereocenters. The van der Waals surface area contributed by atoms with Crippen molar-refractivity contribution in [2.45, 2.75) is 58.5 Å². The maximum absolute atomic E-state index is 12.7. The van der Waals surface area contributed by atoms with Crippen molar-refractivity contribution >= 4 is 16.1 Å². The van der Waals surface area contributed by atoms with Gasteiger partial charge in [0.1, 0.15) is 0 Å². The highest BCUT2D eigenvalue weighted by atomic mass is 31.2. The van der Waals surface area contributed by atoms with Gasteiger partial charge in [0.25, 0.3) is 5.56 Å². The second-order valence-corrected chi connectivity index (χ2v) is 11.8. The molecule has 0 fully saturated rings. The Kier molecular flexibility index (Phi) is 11.7. The van der Waals surface area contributed by atoms with Gasteiger partial charge in [-0.3, -0.25) is 18.9 Å². The summed E-state index contributed by atoms with van der Waals surface area (Å²) in [7, 11) is -1.48. The van der Waals surface area contributed by atoms with Crippen LogP contribution in [0.15, 0.2) is 45.3 Å². The Bertz CT molecular complexity index is 1160.